The molecule has 3 atom stereocenters. The molecule has 0 aromatic carbocycles. The summed E-state index contributed by atoms with van der Waals surface area (Å²) in [6.07, 6.45) is 7.30. The van der Waals surface area contributed by atoms with Gasteiger partial charge in [-0.1, -0.05) is 12.8 Å². The number of fused-ring (bicyclic) bond motifs is 1. The molecule has 0 bridgehead atoms. The molecule has 1 nitrogen and oxygen atoms in total. The first kappa shape index (κ1) is 6.66. The topological polar surface area (TPSA) is 26.0 Å². The second kappa shape index (κ2) is 2.54. The van der Waals surface area contributed by atoms with Crippen LogP contribution in [-0.2, 0) is 0 Å². The predicted octanol–water partition coefficient (Wildman–Crippen LogP) is 1.77. The SMILES string of the molecule is NCCC1[C@H]2CCCC[C@@H]12. The van der Waals surface area contributed by atoms with Crippen molar-refractivity contribution in [3.05, 3.63) is 0 Å². The maximum Gasteiger partial charge on any atom is -0.00744 e. The van der Waals surface area contributed by atoms with Crippen LogP contribution in [0.3, 0.4) is 0 Å². The maximum atomic E-state index is 5.52. The lowest BCUT2D eigenvalue weighted by Crippen LogP contribution is -2.00. The van der Waals surface area contributed by atoms with Gasteiger partial charge in [0.25, 0.3) is 0 Å². The Hall–Kier alpha value is -0.0400. The zero-order chi connectivity index (χ0) is 6.97. The molecular weight excluding hydrogens is 122 g/mol. The molecule has 0 aliphatic heterocycles. The minimum atomic E-state index is 0.914. The largest absolute Gasteiger partial charge is 0.330 e. The summed E-state index contributed by atoms with van der Waals surface area (Å²) >= 11 is 0. The van der Waals surface area contributed by atoms with Gasteiger partial charge in [-0.2, -0.15) is 0 Å². The third-order valence-corrected chi connectivity index (χ3v) is 3.33. The van der Waals surface area contributed by atoms with Crippen molar-refractivity contribution in [2.24, 2.45) is 23.5 Å². The molecule has 2 fully saturated rings. The highest BCUT2D eigenvalue weighted by atomic mass is 14.6. The average molecular weight is 139 g/mol. The summed E-state index contributed by atoms with van der Waals surface area (Å²) in [6, 6.07) is 0. The average Bonchev–Trinajstić information content (AvgIpc) is 2.66. The van der Waals surface area contributed by atoms with E-state index < -0.39 is 0 Å². The number of nitrogens with two attached hydrogens (primary N) is 1. The van der Waals surface area contributed by atoms with Crippen LogP contribution in [-0.4, -0.2) is 6.54 Å². The van der Waals surface area contributed by atoms with E-state index in [-0.39, 0.29) is 0 Å². The fraction of sp³-hybridized carbons (Fsp3) is 1.00. The van der Waals surface area contributed by atoms with Crippen LogP contribution in [0.25, 0.3) is 0 Å². The first-order chi connectivity index (χ1) is 4.93. The van der Waals surface area contributed by atoms with Gasteiger partial charge in [0, 0.05) is 0 Å². The number of hydrogen-bond acceptors (Lipinski definition) is 1. The molecule has 0 aromatic rings. The van der Waals surface area contributed by atoms with Gasteiger partial charge in [-0.15, -0.1) is 0 Å². The van der Waals surface area contributed by atoms with Crippen molar-refractivity contribution in [1.82, 2.24) is 0 Å². The van der Waals surface area contributed by atoms with Gasteiger partial charge >= 0.3 is 0 Å². The molecule has 2 saturated carbocycles. The van der Waals surface area contributed by atoms with Crippen LogP contribution in [0, 0.1) is 17.8 Å². The van der Waals surface area contributed by atoms with E-state index in [1.807, 2.05) is 0 Å². The Balaban J connectivity index is 1.82. The highest BCUT2D eigenvalue weighted by Crippen LogP contribution is 2.56. The van der Waals surface area contributed by atoms with Gasteiger partial charge in [0.05, 0.1) is 0 Å². The van der Waals surface area contributed by atoms with Crippen molar-refractivity contribution >= 4 is 0 Å². The van der Waals surface area contributed by atoms with Gasteiger partial charge in [-0.05, 0) is 43.6 Å². The lowest BCUT2D eigenvalue weighted by molar-refractivity contribution is 0.480. The molecule has 1 unspecified atom stereocenters. The molecule has 0 saturated heterocycles. The lowest BCUT2D eigenvalue weighted by Gasteiger charge is -2.05. The summed E-state index contributed by atoms with van der Waals surface area (Å²) in [5.74, 6) is 3.27. The van der Waals surface area contributed by atoms with Gasteiger partial charge in [0.2, 0.25) is 0 Å². The van der Waals surface area contributed by atoms with Crippen molar-refractivity contribution < 1.29 is 0 Å². The minimum Gasteiger partial charge on any atom is -0.330 e. The van der Waals surface area contributed by atoms with E-state index in [0.717, 1.165) is 24.3 Å². The summed E-state index contributed by atoms with van der Waals surface area (Å²) in [4.78, 5) is 0. The van der Waals surface area contributed by atoms with Crippen molar-refractivity contribution in [3.8, 4) is 0 Å². The summed E-state index contributed by atoms with van der Waals surface area (Å²) in [6.45, 7) is 0.914. The second-order valence-corrected chi connectivity index (χ2v) is 3.85. The molecule has 0 radical (unpaired) electrons. The lowest BCUT2D eigenvalue weighted by atomic mass is 10.0. The van der Waals surface area contributed by atoms with Gasteiger partial charge < -0.3 is 5.73 Å². The first-order valence-corrected chi connectivity index (χ1v) is 4.63. The van der Waals surface area contributed by atoms with Crippen molar-refractivity contribution in [2.45, 2.75) is 32.1 Å². The molecule has 2 rings (SSSR count). The van der Waals surface area contributed by atoms with E-state index in [2.05, 4.69) is 0 Å². The monoisotopic (exact) mass is 139 g/mol. The predicted molar refractivity (Wildman–Crippen MR) is 42.6 cm³/mol. The zero-order valence-corrected chi connectivity index (χ0v) is 6.55. The van der Waals surface area contributed by atoms with E-state index in [1.165, 1.54) is 32.1 Å². The summed E-state index contributed by atoms with van der Waals surface area (Å²) < 4.78 is 0. The molecule has 58 valence electrons. The fourth-order valence-corrected chi connectivity index (χ4v) is 2.76. The standard InChI is InChI=1S/C9H17N/c10-6-5-9-7-3-1-2-4-8(7)9/h7-9H,1-6,10H2/t7-,8+,9?. The molecule has 0 spiro atoms. The van der Waals surface area contributed by atoms with E-state index in [4.69, 9.17) is 5.73 Å². The third kappa shape index (κ3) is 0.968. The summed E-state index contributed by atoms with van der Waals surface area (Å²) in [5.41, 5.74) is 5.52. The van der Waals surface area contributed by atoms with Crippen LogP contribution < -0.4 is 5.73 Å². The summed E-state index contributed by atoms with van der Waals surface area (Å²) in [5, 5.41) is 0. The van der Waals surface area contributed by atoms with Crippen LogP contribution in [0.5, 0.6) is 0 Å². The Morgan fingerprint density at radius 2 is 1.70 bits per heavy atom. The molecule has 0 heterocycles. The van der Waals surface area contributed by atoms with Gasteiger partial charge in [0.15, 0.2) is 0 Å². The van der Waals surface area contributed by atoms with Crippen LogP contribution >= 0.6 is 0 Å². The Kier molecular flexibility index (Phi) is 1.69. The van der Waals surface area contributed by atoms with Crippen molar-refractivity contribution in [1.29, 1.82) is 0 Å². The van der Waals surface area contributed by atoms with Crippen LogP contribution in [0.1, 0.15) is 32.1 Å². The third-order valence-electron chi connectivity index (χ3n) is 3.33. The van der Waals surface area contributed by atoms with Gasteiger partial charge in [0.1, 0.15) is 0 Å². The van der Waals surface area contributed by atoms with E-state index in [0.29, 0.717) is 0 Å². The summed E-state index contributed by atoms with van der Waals surface area (Å²) in [7, 11) is 0. The normalized spacial score (nSPS) is 44.7. The molecule has 0 amide bonds. The zero-order valence-electron chi connectivity index (χ0n) is 6.55. The first-order valence-electron chi connectivity index (χ1n) is 4.63. The number of hydrogen-bond donors (Lipinski definition) is 1. The molecule has 1 heteroatoms. The van der Waals surface area contributed by atoms with E-state index in [1.54, 1.807) is 0 Å². The molecule has 0 aromatic heterocycles. The Bertz CT molecular complexity index is 110. The van der Waals surface area contributed by atoms with Crippen LogP contribution in [0.15, 0.2) is 0 Å². The maximum absolute atomic E-state index is 5.52. The van der Waals surface area contributed by atoms with Crippen LogP contribution in [0.2, 0.25) is 0 Å². The number of rotatable bonds is 2. The molecule has 10 heavy (non-hydrogen) atoms. The molecule has 2 N–H and O–H groups in total. The molecular formula is C9H17N. The molecule has 2 aliphatic rings. The Morgan fingerprint density at radius 3 is 2.20 bits per heavy atom. The van der Waals surface area contributed by atoms with E-state index >= 15 is 0 Å². The highest BCUT2D eigenvalue weighted by Gasteiger charge is 2.49. The molecule has 2 aliphatic carbocycles. The van der Waals surface area contributed by atoms with Crippen LogP contribution in [0.4, 0.5) is 0 Å². The van der Waals surface area contributed by atoms with Gasteiger partial charge in [-0.25, -0.2) is 0 Å². The van der Waals surface area contributed by atoms with Crippen molar-refractivity contribution in [2.75, 3.05) is 6.54 Å². The van der Waals surface area contributed by atoms with Gasteiger partial charge in [-0.3, -0.25) is 0 Å². The smallest absolute Gasteiger partial charge is 0.00744 e. The Morgan fingerprint density at radius 1 is 1.10 bits per heavy atom. The fourth-order valence-electron chi connectivity index (χ4n) is 2.76. The highest BCUT2D eigenvalue weighted by molar-refractivity contribution is 4.98. The quantitative estimate of drug-likeness (QED) is 0.620. The second-order valence-electron chi connectivity index (χ2n) is 3.85. The minimum absolute atomic E-state index is 0.914. The Labute approximate surface area is 63.0 Å². The van der Waals surface area contributed by atoms with E-state index in [9.17, 15) is 0 Å². The van der Waals surface area contributed by atoms with Crippen molar-refractivity contribution in [3.63, 3.8) is 0 Å².